The molecule has 2 rings (SSSR count). The summed E-state index contributed by atoms with van der Waals surface area (Å²) in [5.74, 6) is 0.804. The van der Waals surface area contributed by atoms with E-state index in [4.69, 9.17) is 0 Å². The minimum Gasteiger partial charge on any atom is -0.387 e. The van der Waals surface area contributed by atoms with E-state index in [1.165, 1.54) is 25.7 Å². The highest BCUT2D eigenvalue weighted by Gasteiger charge is 2.21. The molecule has 94 valence electrons. The number of hydrogen-bond donors (Lipinski definition) is 2. The predicted octanol–water partition coefficient (Wildman–Crippen LogP) is 2.89. The quantitative estimate of drug-likeness (QED) is 0.819. The summed E-state index contributed by atoms with van der Waals surface area (Å²) < 4.78 is 0. The van der Waals surface area contributed by atoms with Crippen molar-refractivity contribution in [1.29, 1.82) is 0 Å². The monoisotopic (exact) mass is 233 g/mol. The van der Waals surface area contributed by atoms with Crippen LogP contribution in [-0.2, 0) is 0 Å². The number of aliphatic hydroxyl groups is 1. The first-order valence-electron chi connectivity index (χ1n) is 6.74. The van der Waals surface area contributed by atoms with Gasteiger partial charge >= 0.3 is 0 Å². The Hall–Kier alpha value is -0.860. The van der Waals surface area contributed by atoms with E-state index in [0.29, 0.717) is 12.6 Å². The molecule has 1 unspecified atom stereocenters. The third-order valence-electron chi connectivity index (χ3n) is 3.92. The summed E-state index contributed by atoms with van der Waals surface area (Å²) in [6, 6.07) is 10.4. The van der Waals surface area contributed by atoms with Crippen molar-refractivity contribution in [2.75, 3.05) is 6.54 Å². The van der Waals surface area contributed by atoms with Crippen molar-refractivity contribution >= 4 is 0 Å². The molecule has 0 heterocycles. The van der Waals surface area contributed by atoms with Gasteiger partial charge in [0, 0.05) is 12.6 Å². The Morgan fingerprint density at radius 2 is 1.88 bits per heavy atom. The molecule has 0 bridgehead atoms. The van der Waals surface area contributed by atoms with E-state index in [1.54, 1.807) is 0 Å². The molecule has 1 aromatic carbocycles. The fourth-order valence-electron chi connectivity index (χ4n) is 2.71. The Bertz CT molecular complexity index is 319. The smallest absolute Gasteiger partial charge is 0.0914 e. The van der Waals surface area contributed by atoms with E-state index in [2.05, 4.69) is 12.2 Å². The third kappa shape index (κ3) is 3.55. The van der Waals surface area contributed by atoms with E-state index >= 15 is 0 Å². The van der Waals surface area contributed by atoms with Gasteiger partial charge in [0.25, 0.3) is 0 Å². The summed E-state index contributed by atoms with van der Waals surface area (Å²) in [6.45, 7) is 2.90. The lowest BCUT2D eigenvalue weighted by atomic mass is 9.99. The minimum atomic E-state index is -0.389. The molecular formula is C15H23NO. The normalized spacial score (nSPS) is 20.4. The molecule has 2 N–H and O–H groups in total. The topological polar surface area (TPSA) is 32.3 Å². The van der Waals surface area contributed by atoms with E-state index in [-0.39, 0.29) is 6.10 Å². The molecule has 0 spiro atoms. The molecule has 1 saturated carbocycles. The second kappa shape index (κ2) is 6.18. The lowest BCUT2D eigenvalue weighted by Gasteiger charge is -2.22. The Labute approximate surface area is 104 Å². The summed E-state index contributed by atoms with van der Waals surface area (Å²) in [7, 11) is 0. The minimum absolute atomic E-state index is 0.389. The van der Waals surface area contributed by atoms with Crippen molar-refractivity contribution in [2.45, 2.75) is 44.8 Å². The number of hydrogen-bond acceptors (Lipinski definition) is 2. The lowest BCUT2D eigenvalue weighted by Crippen LogP contribution is -2.35. The Kier molecular flexibility index (Phi) is 4.57. The SMILES string of the molecule is C[C@H](NCC(O)c1ccccc1)C1CCCC1. The standard InChI is InChI=1S/C15H23NO/c1-12(13-7-5-6-8-13)16-11-15(17)14-9-3-2-4-10-14/h2-4,9-10,12-13,15-17H,5-8,11H2,1H3/t12-,15?/m0/s1. The van der Waals surface area contributed by atoms with Gasteiger partial charge in [0.1, 0.15) is 0 Å². The molecule has 17 heavy (non-hydrogen) atoms. The molecule has 1 fully saturated rings. The van der Waals surface area contributed by atoms with Crippen molar-refractivity contribution in [2.24, 2.45) is 5.92 Å². The summed E-state index contributed by atoms with van der Waals surface area (Å²) in [6.07, 6.45) is 5.04. The number of benzene rings is 1. The summed E-state index contributed by atoms with van der Waals surface area (Å²) in [5.41, 5.74) is 0.999. The highest BCUT2D eigenvalue weighted by atomic mass is 16.3. The van der Waals surface area contributed by atoms with Gasteiger partial charge < -0.3 is 10.4 Å². The van der Waals surface area contributed by atoms with E-state index in [0.717, 1.165) is 11.5 Å². The molecule has 2 nitrogen and oxygen atoms in total. The highest BCUT2D eigenvalue weighted by molar-refractivity contribution is 5.17. The van der Waals surface area contributed by atoms with Gasteiger partial charge in [-0.25, -0.2) is 0 Å². The van der Waals surface area contributed by atoms with Gasteiger partial charge in [-0.2, -0.15) is 0 Å². The zero-order valence-corrected chi connectivity index (χ0v) is 10.6. The van der Waals surface area contributed by atoms with Gasteiger partial charge in [-0.05, 0) is 31.2 Å². The Morgan fingerprint density at radius 1 is 1.24 bits per heavy atom. The van der Waals surface area contributed by atoms with E-state index in [9.17, 15) is 5.11 Å². The lowest BCUT2D eigenvalue weighted by molar-refractivity contribution is 0.165. The molecule has 1 aliphatic carbocycles. The van der Waals surface area contributed by atoms with Gasteiger partial charge in [0.2, 0.25) is 0 Å². The summed E-state index contributed by atoms with van der Waals surface area (Å²) in [4.78, 5) is 0. The Balaban J connectivity index is 1.77. The van der Waals surface area contributed by atoms with Crippen LogP contribution in [0.15, 0.2) is 30.3 Å². The van der Waals surface area contributed by atoms with Gasteiger partial charge in [-0.3, -0.25) is 0 Å². The molecule has 1 aromatic rings. The van der Waals surface area contributed by atoms with Crippen LogP contribution < -0.4 is 5.32 Å². The maximum atomic E-state index is 10.0. The maximum Gasteiger partial charge on any atom is 0.0914 e. The second-order valence-electron chi connectivity index (χ2n) is 5.17. The number of rotatable bonds is 5. The van der Waals surface area contributed by atoms with Crippen molar-refractivity contribution in [3.63, 3.8) is 0 Å². The number of aliphatic hydroxyl groups excluding tert-OH is 1. The maximum absolute atomic E-state index is 10.0. The molecule has 0 aromatic heterocycles. The van der Waals surface area contributed by atoms with Crippen LogP contribution in [0.1, 0.15) is 44.3 Å². The van der Waals surface area contributed by atoms with Crippen molar-refractivity contribution in [3.8, 4) is 0 Å². The van der Waals surface area contributed by atoms with Gasteiger partial charge in [-0.1, -0.05) is 43.2 Å². The molecule has 0 radical (unpaired) electrons. The van der Waals surface area contributed by atoms with Crippen molar-refractivity contribution < 1.29 is 5.11 Å². The van der Waals surface area contributed by atoms with E-state index < -0.39 is 0 Å². The van der Waals surface area contributed by atoms with Crippen LogP contribution in [0.3, 0.4) is 0 Å². The first kappa shape index (κ1) is 12.6. The summed E-state index contributed by atoms with van der Waals surface area (Å²) in [5, 5.41) is 13.5. The molecule has 1 aliphatic rings. The zero-order chi connectivity index (χ0) is 12.1. The van der Waals surface area contributed by atoms with Crippen LogP contribution in [0, 0.1) is 5.92 Å². The fourth-order valence-corrected chi connectivity index (χ4v) is 2.71. The van der Waals surface area contributed by atoms with Crippen molar-refractivity contribution in [1.82, 2.24) is 5.32 Å². The second-order valence-corrected chi connectivity index (χ2v) is 5.17. The molecule has 2 heteroatoms. The van der Waals surface area contributed by atoms with Crippen LogP contribution in [0.4, 0.5) is 0 Å². The van der Waals surface area contributed by atoms with Gasteiger partial charge in [0.05, 0.1) is 6.10 Å². The first-order valence-corrected chi connectivity index (χ1v) is 6.74. The van der Waals surface area contributed by atoms with Crippen LogP contribution in [0.25, 0.3) is 0 Å². The average Bonchev–Trinajstić information content (AvgIpc) is 2.90. The van der Waals surface area contributed by atoms with Crippen LogP contribution in [-0.4, -0.2) is 17.7 Å². The van der Waals surface area contributed by atoms with Crippen LogP contribution in [0.5, 0.6) is 0 Å². The third-order valence-corrected chi connectivity index (χ3v) is 3.92. The van der Waals surface area contributed by atoms with Crippen LogP contribution >= 0.6 is 0 Å². The Morgan fingerprint density at radius 3 is 2.53 bits per heavy atom. The molecule has 0 amide bonds. The first-order chi connectivity index (χ1) is 8.27. The largest absolute Gasteiger partial charge is 0.387 e. The highest BCUT2D eigenvalue weighted by Crippen LogP contribution is 2.27. The van der Waals surface area contributed by atoms with Gasteiger partial charge in [-0.15, -0.1) is 0 Å². The molecular weight excluding hydrogens is 210 g/mol. The average molecular weight is 233 g/mol. The van der Waals surface area contributed by atoms with Crippen molar-refractivity contribution in [3.05, 3.63) is 35.9 Å². The predicted molar refractivity (Wildman–Crippen MR) is 70.8 cm³/mol. The van der Waals surface area contributed by atoms with Crippen LogP contribution in [0.2, 0.25) is 0 Å². The fraction of sp³-hybridized carbons (Fsp3) is 0.600. The van der Waals surface area contributed by atoms with E-state index in [1.807, 2.05) is 30.3 Å². The molecule has 0 saturated heterocycles. The zero-order valence-electron chi connectivity index (χ0n) is 10.6. The molecule has 2 atom stereocenters. The summed E-state index contributed by atoms with van der Waals surface area (Å²) >= 11 is 0. The molecule has 0 aliphatic heterocycles. The van der Waals surface area contributed by atoms with Gasteiger partial charge in [0.15, 0.2) is 0 Å². The number of nitrogens with one attached hydrogen (secondary N) is 1.